The van der Waals surface area contributed by atoms with Gasteiger partial charge in [0.25, 0.3) is 0 Å². The molecule has 0 aliphatic carbocycles. The summed E-state index contributed by atoms with van der Waals surface area (Å²) in [5, 5.41) is 0. The number of rotatable bonds is 3. The van der Waals surface area contributed by atoms with Crippen LogP contribution >= 0.6 is 0 Å². The second-order valence-corrected chi connectivity index (χ2v) is 4.08. The summed E-state index contributed by atoms with van der Waals surface area (Å²) in [5.74, 6) is -0.0371. The van der Waals surface area contributed by atoms with Crippen molar-refractivity contribution in [1.82, 2.24) is 0 Å². The lowest BCUT2D eigenvalue weighted by molar-refractivity contribution is -0.152. The summed E-state index contributed by atoms with van der Waals surface area (Å²) in [4.78, 5) is 11.4. The molecule has 0 aromatic heterocycles. The molecule has 2 heteroatoms. The molecule has 0 radical (unpaired) electrons. The zero-order valence-electron chi connectivity index (χ0n) is 8.81. The number of hydrogen-bond acceptors (Lipinski definition) is 2. The van der Waals surface area contributed by atoms with Crippen LogP contribution in [0.3, 0.4) is 0 Å². The van der Waals surface area contributed by atoms with E-state index in [1.807, 2.05) is 13.8 Å². The van der Waals surface area contributed by atoms with Gasteiger partial charge in [0, 0.05) is 0 Å². The van der Waals surface area contributed by atoms with Crippen LogP contribution in [0.25, 0.3) is 0 Å². The van der Waals surface area contributed by atoms with E-state index in [0.717, 1.165) is 6.42 Å². The first kappa shape index (κ1) is 11.5. The lowest BCUT2D eigenvalue weighted by Gasteiger charge is -2.27. The summed E-state index contributed by atoms with van der Waals surface area (Å²) in [7, 11) is 0. The molecule has 1 atom stereocenters. The molecular formula is C10H20O2. The van der Waals surface area contributed by atoms with E-state index in [1.165, 1.54) is 0 Å². The molecule has 0 unspecified atom stereocenters. The smallest absolute Gasteiger partial charge is 0.309 e. The summed E-state index contributed by atoms with van der Waals surface area (Å²) < 4.78 is 4.98. The molecule has 0 saturated heterocycles. The summed E-state index contributed by atoms with van der Waals surface area (Å²) in [6.07, 6.45) is 0.850. The maximum Gasteiger partial charge on any atom is 0.309 e. The van der Waals surface area contributed by atoms with E-state index < -0.39 is 0 Å². The van der Waals surface area contributed by atoms with Gasteiger partial charge in [-0.25, -0.2) is 0 Å². The predicted molar refractivity (Wildman–Crippen MR) is 49.9 cm³/mol. The Morgan fingerprint density at radius 1 is 1.33 bits per heavy atom. The summed E-state index contributed by atoms with van der Waals surface area (Å²) in [5.41, 5.74) is 0.0149. The van der Waals surface area contributed by atoms with Crippen molar-refractivity contribution in [2.45, 2.75) is 41.0 Å². The molecule has 0 rings (SSSR count). The zero-order chi connectivity index (χ0) is 9.78. The molecule has 2 nitrogen and oxygen atoms in total. The Balaban J connectivity index is 4.25. The third-order valence-electron chi connectivity index (χ3n) is 2.02. The Kier molecular flexibility index (Phi) is 4.29. The number of carbonyl (C=O) groups excluding carboxylic acids is 1. The van der Waals surface area contributed by atoms with E-state index in [-0.39, 0.29) is 17.3 Å². The molecule has 72 valence electrons. The first-order chi connectivity index (χ1) is 5.43. The highest BCUT2D eigenvalue weighted by molar-refractivity contribution is 5.73. The van der Waals surface area contributed by atoms with E-state index in [4.69, 9.17) is 4.74 Å². The van der Waals surface area contributed by atoms with Crippen LogP contribution in [0.15, 0.2) is 0 Å². The fourth-order valence-corrected chi connectivity index (χ4v) is 1.38. The highest BCUT2D eigenvalue weighted by Crippen LogP contribution is 2.29. The van der Waals surface area contributed by atoms with E-state index >= 15 is 0 Å². The summed E-state index contributed by atoms with van der Waals surface area (Å²) >= 11 is 0. The fourth-order valence-electron chi connectivity index (χ4n) is 1.38. The second-order valence-electron chi connectivity index (χ2n) is 4.08. The molecule has 0 aromatic carbocycles. The van der Waals surface area contributed by atoms with Crippen molar-refractivity contribution >= 4 is 5.97 Å². The minimum Gasteiger partial charge on any atom is -0.466 e. The van der Waals surface area contributed by atoms with Crippen molar-refractivity contribution in [3.63, 3.8) is 0 Å². The lowest BCUT2D eigenvalue weighted by atomic mass is 9.79. The van der Waals surface area contributed by atoms with Crippen molar-refractivity contribution in [1.29, 1.82) is 0 Å². The predicted octanol–water partition coefficient (Wildman–Crippen LogP) is 2.62. The average Bonchev–Trinajstić information content (AvgIpc) is 1.85. The van der Waals surface area contributed by atoms with Gasteiger partial charge in [-0.3, -0.25) is 4.79 Å². The van der Waals surface area contributed by atoms with Gasteiger partial charge in [0.1, 0.15) is 0 Å². The minimum absolute atomic E-state index is 0.0149. The Morgan fingerprint density at radius 3 is 2.08 bits per heavy atom. The second kappa shape index (κ2) is 4.48. The average molecular weight is 172 g/mol. The van der Waals surface area contributed by atoms with Crippen molar-refractivity contribution in [2.75, 3.05) is 6.61 Å². The maximum absolute atomic E-state index is 11.4. The van der Waals surface area contributed by atoms with Crippen LogP contribution in [0.1, 0.15) is 41.0 Å². The summed E-state index contributed by atoms with van der Waals surface area (Å²) in [6.45, 7) is 10.5. The minimum atomic E-state index is -0.0625. The number of ether oxygens (including phenoxy) is 1. The topological polar surface area (TPSA) is 26.3 Å². The summed E-state index contributed by atoms with van der Waals surface area (Å²) in [6, 6.07) is 0. The molecule has 0 fully saturated rings. The van der Waals surface area contributed by atoms with Crippen LogP contribution in [-0.4, -0.2) is 12.6 Å². The third kappa shape index (κ3) is 3.24. The zero-order valence-corrected chi connectivity index (χ0v) is 8.81. The SMILES string of the molecule is CCOC(=O)[C@H](CC)C(C)(C)C. The Bertz CT molecular complexity index is 144. The van der Waals surface area contributed by atoms with Gasteiger partial charge < -0.3 is 4.74 Å². The molecule has 0 heterocycles. The fraction of sp³-hybridized carbons (Fsp3) is 0.900. The Morgan fingerprint density at radius 2 is 1.83 bits per heavy atom. The lowest BCUT2D eigenvalue weighted by Crippen LogP contribution is -2.29. The van der Waals surface area contributed by atoms with E-state index in [0.29, 0.717) is 6.61 Å². The van der Waals surface area contributed by atoms with E-state index in [9.17, 15) is 4.79 Å². The molecular weight excluding hydrogens is 152 g/mol. The third-order valence-corrected chi connectivity index (χ3v) is 2.02. The van der Waals surface area contributed by atoms with Crippen molar-refractivity contribution in [3.05, 3.63) is 0 Å². The highest BCUT2D eigenvalue weighted by Gasteiger charge is 2.30. The van der Waals surface area contributed by atoms with E-state index in [1.54, 1.807) is 0 Å². The standard InChI is InChI=1S/C10H20O2/c1-6-8(10(3,4)5)9(11)12-7-2/h8H,6-7H2,1-5H3/t8-/m0/s1. The van der Waals surface area contributed by atoms with Crippen LogP contribution in [0.2, 0.25) is 0 Å². The van der Waals surface area contributed by atoms with Gasteiger partial charge in [0.2, 0.25) is 0 Å². The monoisotopic (exact) mass is 172 g/mol. The molecule has 0 N–H and O–H groups in total. The Hall–Kier alpha value is -0.530. The molecule has 12 heavy (non-hydrogen) atoms. The van der Waals surface area contributed by atoms with Gasteiger partial charge >= 0.3 is 5.97 Å². The number of hydrogen-bond donors (Lipinski definition) is 0. The molecule has 0 aliphatic heterocycles. The molecule has 0 spiro atoms. The van der Waals surface area contributed by atoms with Crippen LogP contribution in [0, 0.1) is 11.3 Å². The van der Waals surface area contributed by atoms with Crippen LogP contribution < -0.4 is 0 Å². The number of esters is 1. The molecule has 0 aliphatic rings. The first-order valence-electron chi connectivity index (χ1n) is 4.60. The van der Waals surface area contributed by atoms with Gasteiger partial charge in [-0.2, -0.15) is 0 Å². The molecule has 0 bridgehead atoms. The van der Waals surface area contributed by atoms with Crippen molar-refractivity contribution in [2.24, 2.45) is 11.3 Å². The normalized spacial score (nSPS) is 14.1. The van der Waals surface area contributed by atoms with Gasteiger partial charge in [-0.15, -0.1) is 0 Å². The maximum atomic E-state index is 11.4. The Labute approximate surface area is 75.3 Å². The van der Waals surface area contributed by atoms with Gasteiger partial charge in [-0.05, 0) is 18.8 Å². The molecule has 0 saturated carbocycles. The molecule has 0 aromatic rings. The van der Waals surface area contributed by atoms with Crippen LogP contribution in [0.4, 0.5) is 0 Å². The first-order valence-corrected chi connectivity index (χ1v) is 4.60. The van der Waals surface area contributed by atoms with Crippen molar-refractivity contribution < 1.29 is 9.53 Å². The van der Waals surface area contributed by atoms with Crippen LogP contribution in [-0.2, 0) is 9.53 Å². The quantitative estimate of drug-likeness (QED) is 0.612. The highest BCUT2D eigenvalue weighted by atomic mass is 16.5. The number of carbonyl (C=O) groups is 1. The van der Waals surface area contributed by atoms with Gasteiger partial charge in [-0.1, -0.05) is 27.7 Å². The van der Waals surface area contributed by atoms with Crippen LogP contribution in [0.5, 0.6) is 0 Å². The van der Waals surface area contributed by atoms with Gasteiger partial charge in [0.05, 0.1) is 12.5 Å². The van der Waals surface area contributed by atoms with E-state index in [2.05, 4.69) is 20.8 Å². The van der Waals surface area contributed by atoms with Crippen molar-refractivity contribution in [3.8, 4) is 0 Å². The largest absolute Gasteiger partial charge is 0.466 e. The molecule has 0 amide bonds. The van der Waals surface area contributed by atoms with Gasteiger partial charge in [0.15, 0.2) is 0 Å².